The summed E-state index contributed by atoms with van der Waals surface area (Å²) >= 11 is 3.37. The summed E-state index contributed by atoms with van der Waals surface area (Å²) in [6.45, 7) is 0. The van der Waals surface area contributed by atoms with E-state index in [1.165, 1.54) is 25.3 Å². The Balaban J connectivity index is 2.29. The van der Waals surface area contributed by atoms with Gasteiger partial charge in [0.2, 0.25) is 5.75 Å². The first-order chi connectivity index (χ1) is 10.0. The van der Waals surface area contributed by atoms with Crippen LogP contribution in [0.15, 0.2) is 40.9 Å². The molecule has 0 spiro atoms. The van der Waals surface area contributed by atoms with Crippen LogP contribution in [-0.2, 0) is 0 Å². The van der Waals surface area contributed by atoms with Crippen molar-refractivity contribution in [3.05, 3.63) is 51.0 Å². The average molecular weight is 354 g/mol. The minimum Gasteiger partial charge on any atom is -0.497 e. The van der Waals surface area contributed by atoms with Crippen LogP contribution in [0.2, 0.25) is 0 Å². The summed E-state index contributed by atoms with van der Waals surface area (Å²) in [6.07, 6.45) is 0. The second-order valence-electron chi connectivity index (χ2n) is 3.99. The average Bonchev–Trinajstić information content (AvgIpc) is 2.48. The topological polar surface area (TPSA) is 70.8 Å². The maximum absolute atomic E-state index is 10.8. The van der Waals surface area contributed by atoms with Gasteiger partial charge in [0.25, 0.3) is 0 Å². The number of nitro benzene ring substituents is 1. The number of halogens is 1. The van der Waals surface area contributed by atoms with E-state index < -0.39 is 4.92 Å². The van der Waals surface area contributed by atoms with Crippen LogP contribution >= 0.6 is 15.9 Å². The van der Waals surface area contributed by atoms with Crippen molar-refractivity contribution in [1.82, 2.24) is 0 Å². The van der Waals surface area contributed by atoms with E-state index in [-0.39, 0.29) is 11.4 Å². The number of hydrogen-bond donors (Lipinski definition) is 0. The highest BCUT2D eigenvalue weighted by atomic mass is 79.9. The first kappa shape index (κ1) is 15.1. The van der Waals surface area contributed by atoms with Crippen LogP contribution in [0.4, 0.5) is 5.69 Å². The fourth-order valence-corrected chi connectivity index (χ4v) is 2.13. The van der Waals surface area contributed by atoms with E-state index in [1.54, 1.807) is 25.3 Å². The Bertz CT molecular complexity index is 674. The van der Waals surface area contributed by atoms with Crippen LogP contribution in [0, 0.1) is 10.1 Å². The predicted molar refractivity (Wildman–Crippen MR) is 80.4 cm³/mol. The lowest BCUT2D eigenvalue weighted by Gasteiger charge is -2.10. The lowest BCUT2D eigenvalue weighted by atomic mass is 10.2. The van der Waals surface area contributed by atoms with Crippen LogP contribution in [0.3, 0.4) is 0 Å². The molecule has 0 fully saturated rings. The molecule has 21 heavy (non-hydrogen) atoms. The molecule has 0 aliphatic rings. The van der Waals surface area contributed by atoms with Gasteiger partial charge in [0, 0.05) is 12.1 Å². The Morgan fingerprint density at radius 3 is 2.29 bits per heavy atom. The van der Waals surface area contributed by atoms with Gasteiger partial charge in [-0.1, -0.05) is 0 Å². The van der Waals surface area contributed by atoms with Gasteiger partial charge in [0.1, 0.15) is 17.2 Å². The first-order valence-electron chi connectivity index (χ1n) is 5.89. The first-order valence-corrected chi connectivity index (χ1v) is 6.68. The lowest BCUT2D eigenvalue weighted by Crippen LogP contribution is -1.94. The van der Waals surface area contributed by atoms with Crippen molar-refractivity contribution in [1.29, 1.82) is 0 Å². The maximum atomic E-state index is 10.8. The molecule has 0 N–H and O–H groups in total. The van der Waals surface area contributed by atoms with Gasteiger partial charge < -0.3 is 14.2 Å². The van der Waals surface area contributed by atoms with E-state index in [0.717, 1.165) is 0 Å². The summed E-state index contributed by atoms with van der Waals surface area (Å²) in [5.41, 5.74) is -0.112. The molecule has 2 aromatic rings. The third-order valence-corrected chi connectivity index (χ3v) is 3.33. The number of hydrogen-bond acceptors (Lipinski definition) is 5. The van der Waals surface area contributed by atoms with Crippen LogP contribution in [0.25, 0.3) is 0 Å². The minimum absolute atomic E-state index is 0.112. The van der Waals surface area contributed by atoms with E-state index in [2.05, 4.69) is 15.9 Å². The number of benzene rings is 2. The fraction of sp³-hybridized carbons (Fsp3) is 0.143. The molecular formula is C14H12BrNO5. The molecule has 0 unspecified atom stereocenters. The summed E-state index contributed by atoms with van der Waals surface area (Å²) in [7, 11) is 2.94. The second kappa shape index (κ2) is 6.45. The Morgan fingerprint density at radius 2 is 1.71 bits per heavy atom. The number of ether oxygens (including phenoxy) is 3. The highest BCUT2D eigenvalue weighted by molar-refractivity contribution is 9.10. The number of nitro groups is 1. The maximum Gasteiger partial charge on any atom is 0.311 e. The summed E-state index contributed by atoms with van der Waals surface area (Å²) in [5, 5.41) is 10.8. The molecule has 0 heterocycles. The van der Waals surface area contributed by atoms with Crippen LogP contribution < -0.4 is 14.2 Å². The Morgan fingerprint density at radius 1 is 1.00 bits per heavy atom. The van der Waals surface area contributed by atoms with Crippen molar-refractivity contribution in [3.8, 4) is 23.0 Å². The normalized spacial score (nSPS) is 10.0. The van der Waals surface area contributed by atoms with Gasteiger partial charge in [-0.15, -0.1) is 0 Å². The Hall–Kier alpha value is -2.28. The third kappa shape index (κ3) is 3.43. The molecule has 110 valence electrons. The molecule has 2 aromatic carbocycles. The largest absolute Gasteiger partial charge is 0.497 e. The monoisotopic (exact) mass is 353 g/mol. The zero-order valence-electron chi connectivity index (χ0n) is 11.3. The van der Waals surface area contributed by atoms with E-state index in [4.69, 9.17) is 14.2 Å². The highest BCUT2D eigenvalue weighted by Crippen LogP contribution is 2.36. The number of methoxy groups -OCH3 is 2. The molecule has 0 aromatic heterocycles. The second-order valence-corrected chi connectivity index (χ2v) is 4.84. The predicted octanol–water partition coefficient (Wildman–Crippen LogP) is 4.17. The van der Waals surface area contributed by atoms with Crippen molar-refractivity contribution in [3.63, 3.8) is 0 Å². The molecule has 0 aliphatic carbocycles. The van der Waals surface area contributed by atoms with Crippen molar-refractivity contribution < 1.29 is 19.1 Å². The highest BCUT2D eigenvalue weighted by Gasteiger charge is 2.16. The molecule has 0 radical (unpaired) electrons. The smallest absolute Gasteiger partial charge is 0.311 e. The van der Waals surface area contributed by atoms with E-state index >= 15 is 0 Å². The number of rotatable bonds is 5. The van der Waals surface area contributed by atoms with Crippen LogP contribution in [0.5, 0.6) is 23.0 Å². The SMILES string of the molecule is COc1ccc(Oc2ccc([N+](=O)[O-])c(OC)c2)c(Br)c1. The van der Waals surface area contributed by atoms with Gasteiger partial charge in [-0.2, -0.15) is 0 Å². The molecule has 6 nitrogen and oxygen atoms in total. The summed E-state index contributed by atoms with van der Waals surface area (Å²) in [6, 6.07) is 9.56. The van der Waals surface area contributed by atoms with Crippen molar-refractivity contribution >= 4 is 21.6 Å². The third-order valence-electron chi connectivity index (χ3n) is 2.71. The van der Waals surface area contributed by atoms with Gasteiger partial charge in [-0.3, -0.25) is 10.1 Å². The van der Waals surface area contributed by atoms with Crippen molar-refractivity contribution in [2.75, 3.05) is 14.2 Å². The summed E-state index contributed by atoms with van der Waals surface area (Å²) < 4.78 is 16.5. The van der Waals surface area contributed by atoms with Crippen molar-refractivity contribution in [2.45, 2.75) is 0 Å². The van der Waals surface area contributed by atoms with Gasteiger partial charge in [-0.05, 0) is 40.2 Å². The lowest BCUT2D eigenvalue weighted by molar-refractivity contribution is -0.385. The van der Waals surface area contributed by atoms with Gasteiger partial charge in [0.05, 0.1) is 23.6 Å². The van der Waals surface area contributed by atoms with E-state index in [1.807, 2.05) is 0 Å². The summed E-state index contributed by atoms with van der Waals surface area (Å²) in [4.78, 5) is 10.3. The molecule has 2 rings (SSSR count). The Labute approximate surface area is 129 Å². The molecule has 0 amide bonds. The minimum atomic E-state index is -0.508. The number of nitrogens with zero attached hydrogens (tertiary/aromatic N) is 1. The molecule has 0 bridgehead atoms. The quantitative estimate of drug-likeness (QED) is 0.595. The summed E-state index contributed by atoms with van der Waals surface area (Å²) in [5.74, 6) is 1.83. The van der Waals surface area contributed by atoms with Crippen molar-refractivity contribution in [2.24, 2.45) is 0 Å². The molecule has 0 atom stereocenters. The van der Waals surface area contributed by atoms with E-state index in [9.17, 15) is 10.1 Å². The van der Waals surface area contributed by atoms with Crippen LogP contribution in [0.1, 0.15) is 0 Å². The zero-order valence-corrected chi connectivity index (χ0v) is 12.9. The molecule has 0 saturated heterocycles. The van der Waals surface area contributed by atoms with Gasteiger partial charge in [0.15, 0.2) is 0 Å². The van der Waals surface area contributed by atoms with Gasteiger partial charge >= 0.3 is 5.69 Å². The van der Waals surface area contributed by atoms with Crippen LogP contribution in [-0.4, -0.2) is 19.1 Å². The molecule has 0 saturated carbocycles. The zero-order chi connectivity index (χ0) is 15.4. The molecule has 7 heteroatoms. The molecule has 0 aliphatic heterocycles. The Kier molecular flexibility index (Phi) is 4.64. The standard InChI is InChI=1S/C14H12BrNO5/c1-19-9-4-6-13(11(15)7-9)21-10-3-5-12(16(17)18)14(8-10)20-2/h3-8H,1-2H3. The molecular weight excluding hydrogens is 342 g/mol. The van der Waals surface area contributed by atoms with E-state index in [0.29, 0.717) is 21.7 Å². The van der Waals surface area contributed by atoms with Gasteiger partial charge in [-0.25, -0.2) is 0 Å². The fourth-order valence-electron chi connectivity index (χ4n) is 1.69.